The standard InChI is InChI=1S/C15H24N2O2/c1-15(2,16)10-9-14(18)17(3)11-12-19-13-7-5-4-6-8-13/h4-8H,9-12,16H2,1-3H3. The number of nitrogens with zero attached hydrogens (tertiary/aromatic N) is 1. The molecule has 4 nitrogen and oxygen atoms in total. The molecular weight excluding hydrogens is 240 g/mol. The lowest BCUT2D eigenvalue weighted by atomic mass is 10.00. The molecule has 106 valence electrons. The molecule has 0 bridgehead atoms. The predicted molar refractivity (Wildman–Crippen MR) is 77.1 cm³/mol. The van der Waals surface area contributed by atoms with Crippen LogP contribution in [0.2, 0.25) is 0 Å². The molecule has 1 aromatic rings. The van der Waals surface area contributed by atoms with E-state index in [9.17, 15) is 4.79 Å². The summed E-state index contributed by atoms with van der Waals surface area (Å²) in [5, 5.41) is 0. The van der Waals surface area contributed by atoms with Crippen molar-refractivity contribution in [2.75, 3.05) is 20.2 Å². The fraction of sp³-hybridized carbons (Fsp3) is 0.533. The quantitative estimate of drug-likeness (QED) is 0.820. The maximum absolute atomic E-state index is 11.8. The van der Waals surface area contributed by atoms with Crippen LogP contribution >= 0.6 is 0 Å². The summed E-state index contributed by atoms with van der Waals surface area (Å²) >= 11 is 0. The number of benzene rings is 1. The van der Waals surface area contributed by atoms with Crippen LogP contribution in [0.25, 0.3) is 0 Å². The molecule has 0 saturated carbocycles. The fourth-order valence-electron chi connectivity index (χ4n) is 1.56. The van der Waals surface area contributed by atoms with Gasteiger partial charge in [0.15, 0.2) is 0 Å². The van der Waals surface area contributed by atoms with Crippen molar-refractivity contribution in [3.63, 3.8) is 0 Å². The van der Waals surface area contributed by atoms with Crippen LogP contribution in [0.1, 0.15) is 26.7 Å². The molecule has 0 aliphatic rings. The lowest BCUT2D eigenvalue weighted by molar-refractivity contribution is -0.130. The van der Waals surface area contributed by atoms with Gasteiger partial charge in [0.25, 0.3) is 0 Å². The Hall–Kier alpha value is -1.55. The Morgan fingerprint density at radius 3 is 2.53 bits per heavy atom. The summed E-state index contributed by atoms with van der Waals surface area (Å²) in [4.78, 5) is 13.5. The van der Waals surface area contributed by atoms with Crippen molar-refractivity contribution < 1.29 is 9.53 Å². The first-order valence-corrected chi connectivity index (χ1v) is 6.59. The monoisotopic (exact) mass is 264 g/mol. The van der Waals surface area contributed by atoms with E-state index in [0.29, 0.717) is 26.0 Å². The number of ether oxygens (including phenoxy) is 1. The van der Waals surface area contributed by atoms with Gasteiger partial charge in [0, 0.05) is 19.0 Å². The Kier molecular flexibility index (Phi) is 5.83. The van der Waals surface area contributed by atoms with E-state index < -0.39 is 0 Å². The summed E-state index contributed by atoms with van der Waals surface area (Å²) in [6.45, 7) is 4.94. The molecule has 19 heavy (non-hydrogen) atoms. The van der Waals surface area contributed by atoms with Crippen molar-refractivity contribution >= 4 is 5.91 Å². The summed E-state index contributed by atoms with van der Waals surface area (Å²) in [6, 6.07) is 9.59. The highest BCUT2D eigenvalue weighted by molar-refractivity contribution is 5.75. The van der Waals surface area contributed by atoms with Gasteiger partial charge in [-0.3, -0.25) is 4.79 Å². The van der Waals surface area contributed by atoms with Gasteiger partial charge < -0.3 is 15.4 Å². The first-order chi connectivity index (χ1) is 8.88. The van der Waals surface area contributed by atoms with E-state index in [1.165, 1.54) is 0 Å². The van der Waals surface area contributed by atoms with Gasteiger partial charge in [-0.05, 0) is 32.4 Å². The van der Waals surface area contributed by atoms with Gasteiger partial charge in [-0.15, -0.1) is 0 Å². The van der Waals surface area contributed by atoms with Crippen LogP contribution in [-0.2, 0) is 4.79 Å². The molecule has 0 heterocycles. The molecule has 0 radical (unpaired) electrons. The summed E-state index contributed by atoms with van der Waals surface area (Å²) in [6.07, 6.45) is 1.17. The zero-order chi connectivity index (χ0) is 14.3. The summed E-state index contributed by atoms with van der Waals surface area (Å²) in [5.74, 6) is 0.932. The fourth-order valence-corrected chi connectivity index (χ4v) is 1.56. The number of amides is 1. The number of carbonyl (C=O) groups is 1. The highest BCUT2D eigenvalue weighted by atomic mass is 16.5. The molecule has 0 aliphatic carbocycles. The highest BCUT2D eigenvalue weighted by Gasteiger charge is 2.15. The molecule has 0 spiro atoms. The Bertz CT molecular complexity index is 385. The Labute approximate surface area is 115 Å². The Morgan fingerprint density at radius 1 is 1.32 bits per heavy atom. The third-order valence-corrected chi connectivity index (χ3v) is 2.85. The van der Waals surface area contributed by atoms with Gasteiger partial charge >= 0.3 is 0 Å². The number of carbonyl (C=O) groups excluding carboxylic acids is 1. The normalized spacial score (nSPS) is 11.2. The third-order valence-electron chi connectivity index (χ3n) is 2.85. The average Bonchev–Trinajstić information content (AvgIpc) is 2.36. The molecular formula is C15H24N2O2. The summed E-state index contributed by atoms with van der Waals surface area (Å²) < 4.78 is 5.55. The van der Waals surface area contributed by atoms with Crippen molar-refractivity contribution in [2.45, 2.75) is 32.2 Å². The lowest BCUT2D eigenvalue weighted by Gasteiger charge is -2.21. The van der Waals surface area contributed by atoms with E-state index in [1.807, 2.05) is 44.2 Å². The maximum atomic E-state index is 11.8. The minimum absolute atomic E-state index is 0.107. The van der Waals surface area contributed by atoms with Crippen LogP contribution < -0.4 is 10.5 Å². The van der Waals surface area contributed by atoms with Crippen LogP contribution in [0.15, 0.2) is 30.3 Å². The van der Waals surface area contributed by atoms with Crippen LogP contribution in [0, 0.1) is 0 Å². The number of likely N-dealkylation sites (N-methyl/N-ethyl adjacent to an activating group) is 1. The van der Waals surface area contributed by atoms with Gasteiger partial charge in [0.05, 0.1) is 6.54 Å². The average molecular weight is 264 g/mol. The van der Waals surface area contributed by atoms with E-state index in [0.717, 1.165) is 5.75 Å². The molecule has 0 atom stereocenters. The van der Waals surface area contributed by atoms with E-state index in [-0.39, 0.29) is 11.4 Å². The maximum Gasteiger partial charge on any atom is 0.222 e. The van der Waals surface area contributed by atoms with Crippen LogP contribution in [0.5, 0.6) is 5.75 Å². The van der Waals surface area contributed by atoms with Gasteiger partial charge in [-0.25, -0.2) is 0 Å². The molecule has 0 aliphatic heterocycles. The largest absolute Gasteiger partial charge is 0.492 e. The second-order valence-corrected chi connectivity index (χ2v) is 5.47. The smallest absolute Gasteiger partial charge is 0.222 e. The zero-order valence-corrected chi connectivity index (χ0v) is 12.1. The number of rotatable bonds is 7. The summed E-state index contributed by atoms with van der Waals surface area (Å²) in [5.41, 5.74) is 5.57. The molecule has 0 aromatic heterocycles. The van der Waals surface area contributed by atoms with Crippen molar-refractivity contribution in [2.24, 2.45) is 5.73 Å². The second-order valence-electron chi connectivity index (χ2n) is 5.47. The van der Waals surface area contributed by atoms with E-state index in [1.54, 1.807) is 11.9 Å². The zero-order valence-electron chi connectivity index (χ0n) is 12.1. The molecule has 1 amide bonds. The first-order valence-electron chi connectivity index (χ1n) is 6.59. The second kappa shape index (κ2) is 7.14. The van der Waals surface area contributed by atoms with Crippen molar-refractivity contribution in [3.8, 4) is 5.75 Å². The molecule has 0 saturated heterocycles. The van der Waals surface area contributed by atoms with Crippen LogP contribution in [0.3, 0.4) is 0 Å². The van der Waals surface area contributed by atoms with E-state index in [2.05, 4.69) is 0 Å². The molecule has 2 N–H and O–H groups in total. The van der Waals surface area contributed by atoms with Crippen molar-refractivity contribution in [3.05, 3.63) is 30.3 Å². The van der Waals surface area contributed by atoms with Gasteiger partial charge in [0.2, 0.25) is 5.91 Å². The lowest BCUT2D eigenvalue weighted by Crippen LogP contribution is -2.36. The van der Waals surface area contributed by atoms with Crippen molar-refractivity contribution in [1.82, 2.24) is 4.90 Å². The Morgan fingerprint density at radius 2 is 1.95 bits per heavy atom. The van der Waals surface area contributed by atoms with Crippen molar-refractivity contribution in [1.29, 1.82) is 0 Å². The number of hydrogen-bond donors (Lipinski definition) is 1. The Balaban J connectivity index is 2.23. The topological polar surface area (TPSA) is 55.6 Å². The molecule has 0 fully saturated rings. The number of hydrogen-bond acceptors (Lipinski definition) is 3. The number of nitrogens with two attached hydrogens (primary N) is 1. The van der Waals surface area contributed by atoms with Crippen LogP contribution in [-0.4, -0.2) is 36.5 Å². The SMILES string of the molecule is CN(CCOc1ccccc1)C(=O)CCC(C)(C)N. The van der Waals surface area contributed by atoms with E-state index >= 15 is 0 Å². The van der Waals surface area contributed by atoms with Crippen LogP contribution in [0.4, 0.5) is 0 Å². The molecule has 0 unspecified atom stereocenters. The molecule has 1 rings (SSSR count). The van der Waals surface area contributed by atoms with Gasteiger partial charge in [0.1, 0.15) is 12.4 Å². The van der Waals surface area contributed by atoms with E-state index in [4.69, 9.17) is 10.5 Å². The predicted octanol–water partition coefficient (Wildman–Crippen LogP) is 2.04. The minimum atomic E-state index is -0.295. The minimum Gasteiger partial charge on any atom is -0.492 e. The van der Waals surface area contributed by atoms with Gasteiger partial charge in [-0.2, -0.15) is 0 Å². The van der Waals surface area contributed by atoms with Gasteiger partial charge in [-0.1, -0.05) is 18.2 Å². The first kappa shape index (κ1) is 15.5. The third kappa shape index (κ3) is 6.82. The highest BCUT2D eigenvalue weighted by Crippen LogP contribution is 2.10. The molecule has 4 heteroatoms. The molecule has 1 aromatic carbocycles. The number of para-hydroxylation sites is 1. The summed E-state index contributed by atoms with van der Waals surface area (Å²) in [7, 11) is 1.79.